The lowest BCUT2D eigenvalue weighted by Gasteiger charge is -2.24. The van der Waals surface area contributed by atoms with E-state index >= 15 is 0 Å². The van der Waals surface area contributed by atoms with Crippen LogP contribution >= 0.6 is 0 Å². The third kappa shape index (κ3) is 7.03. The summed E-state index contributed by atoms with van der Waals surface area (Å²) < 4.78 is 42.9. The molecule has 1 rings (SSSR count). The Morgan fingerprint density at radius 1 is 1.17 bits per heavy atom. The van der Waals surface area contributed by atoms with Gasteiger partial charge >= 0.3 is 6.18 Å². The van der Waals surface area contributed by atoms with Crippen molar-refractivity contribution in [3.05, 3.63) is 29.8 Å². The minimum atomic E-state index is -4.59. The van der Waals surface area contributed by atoms with E-state index in [1.165, 1.54) is 14.1 Å². The highest BCUT2D eigenvalue weighted by molar-refractivity contribution is 5.85. The van der Waals surface area contributed by atoms with E-state index in [4.69, 9.17) is 4.74 Å². The van der Waals surface area contributed by atoms with Gasteiger partial charge in [-0.25, -0.2) is 0 Å². The lowest BCUT2D eigenvalue weighted by Crippen LogP contribution is -2.46. The summed E-state index contributed by atoms with van der Waals surface area (Å²) in [6.07, 6.45) is -4.59. The normalized spacial score (nSPS) is 11.0. The Morgan fingerprint density at radius 3 is 2.35 bits per heavy atom. The van der Waals surface area contributed by atoms with Gasteiger partial charge in [0.25, 0.3) is 5.91 Å². The maximum atomic E-state index is 12.6. The Hall–Kier alpha value is -2.25. The summed E-state index contributed by atoms with van der Waals surface area (Å²) in [5.41, 5.74) is 0.893. The van der Waals surface area contributed by atoms with Crippen LogP contribution in [0.2, 0.25) is 0 Å². The van der Waals surface area contributed by atoms with Crippen LogP contribution in [-0.2, 0) is 9.59 Å². The van der Waals surface area contributed by atoms with Gasteiger partial charge in [0.1, 0.15) is 18.8 Å². The molecular weight excluding hydrogens is 313 g/mol. The smallest absolute Gasteiger partial charge is 0.406 e. The van der Waals surface area contributed by atoms with E-state index in [1.54, 1.807) is 18.2 Å². The zero-order chi connectivity index (χ0) is 17.6. The first-order valence-electron chi connectivity index (χ1n) is 6.82. The Labute approximate surface area is 132 Å². The molecule has 8 heteroatoms. The number of rotatable bonds is 6. The standard InChI is InChI=1S/C15H19F3N2O3/c1-11-5-4-6-12(7-11)23-9-14(22)20(10-15(16,17)18)8-13(21)19(2)3/h4-7H,8-10H2,1-3H3. The molecule has 0 aliphatic heterocycles. The van der Waals surface area contributed by atoms with Crippen LogP contribution in [0.25, 0.3) is 0 Å². The van der Waals surface area contributed by atoms with Crippen LogP contribution in [0.15, 0.2) is 24.3 Å². The summed E-state index contributed by atoms with van der Waals surface area (Å²) >= 11 is 0. The second kappa shape index (κ2) is 7.85. The number of carbonyl (C=O) groups excluding carboxylic acids is 2. The Balaban J connectivity index is 2.72. The number of hydrogen-bond acceptors (Lipinski definition) is 3. The number of aryl methyl sites for hydroxylation is 1. The maximum Gasteiger partial charge on any atom is 0.406 e. The van der Waals surface area contributed by atoms with Crippen LogP contribution in [0.3, 0.4) is 0 Å². The van der Waals surface area contributed by atoms with E-state index in [1.807, 2.05) is 13.0 Å². The highest BCUT2D eigenvalue weighted by Crippen LogP contribution is 2.17. The molecule has 0 radical (unpaired) electrons. The maximum absolute atomic E-state index is 12.6. The Morgan fingerprint density at radius 2 is 1.83 bits per heavy atom. The number of nitrogens with zero attached hydrogens (tertiary/aromatic N) is 2. The molecule has 0 aromatic heterocycles. The molecule has 0 aliphatic rings. The van der Waals surface area contributed by atoms with E-state index in [0.717, 1.165) is 10.5 Å². The lowest BCUT2D eigenvalue weighted by molar-refractivity contribution is -0.165. The van der Waals surface area contributed by atoms with Gasteiger partial charge in [0, 0.05) is 14.1 Å². The van der Waals surface area contributed by atoms with Crippen LogP contribution in [0, 0.1) is 6.92 Å². The van der Waals surface area contributed by atoms with Crippen molar-refractivity contribution in [1.29, 1.82) is 0 Å². The topological polar surface area (TPSA) is 49.9 Å². The molecule has 0 aliphatic carbocycles. The fourth-order valence-corrected chi connectivity index (χ4v) is 1.69. The van der Waals surface area contributed by atoms with Gasteiger partial charge in [0.2, 0.25) is 5.91 Å². The number of ether oxygens (including phenoxy) is 1. The van der Waals surface area contributed by atoms with Crippen LogP contribution in [0.5, 0.6) is 5.75 Å². The van der Waals surface area contributed by atoms with Gasteiger partial charge in [-0.1, -0.05) is 12.1 Å². The third-order valence-corrected chi connectivity index (χ3v) is 2.90. The van der Waals surface area contributed by atoms with Crippen LogP contribution in [0.4, 0.5) is 13.2 Å². The molecule has 0 fully saturated rings. The van der Waals surface area contributed by atoms with Gasteiger partial charge < -0.3 is 14.5 Å². The fraction of sp³-hybridized carbons (Fsp3) is 0.467. The minimum Gasteiger partial charge on any atom is -0.484 e. The summed E-state index contributed by atoms with van der Waals surface area (Å²) in [4.78, 5) is 25.1. The molecule has 0 bridgehead atoms. The molecule has 0 atom stereocenters. The molecule has 128 valence electrons. The molecule has 2 amide bonds. The van der Waals surface area contributed by atoms with Gasteiger partial charge in [-0.05, 0) is 24.6 Å². The monoisotopic (exact) mass is 332 g/mol. The molecule has 5 nitrogen and oxygen atoms in total. The summed E-state index contributed by atoms with van der Waals surface area (Å²) in [6, 6.07) is 6.78. The fourth-order valence-electron chi connectivity index (χ4n) is 1.69. The second-order valence-electron chi connectivity index (χ2n) is 5.26. The van der Waals surface area contributed by atoms with Crippen molar-refractivity contribution in [3.8, 4) is 5.75 Å². The minimum absolute atomic E-state index is 0.379. The van der Waals surface area contributed by atoms with Crippen molar-refractivity contribution in [2.45, 2.75) is 13.1 Å². The molecule has 1 aromatic rings. The predicted molar refractivity (Wildman–Crippen MR) is 78.0 cm³/mol. The van der Waals surface area contributed by atoms with Crippen molar-refractivity contribution >= 4 is 11.8 Å². The average molecular weight is 332 g/mol. The third-order valence-electron chi connectivity index (χ3n) is 2.90. The van der Waals surface area contributed by atoms with E-state index in [2.05, 4.69) is 0 Å². The lowest BCUT2D eigenvalue weighted by atomic mass is 10.2. The van der Waals surface area contributed by atoms with Gasteiger partial charge in [0.15, 0.2) is 6.61 Å². The number of hydrogen-bond donors (Lipinski definition) is 0. The van der Waals surface area contributed by atoms with E-state index < -0.39 is 37.7 Å². The van der Waals surface area contributed by atoms with E-state index in [-0.39, 0.29) is 0 Å². The number of benzene rings is 1. The molecule has 23 heavy (non-hydrogen) atoms. The largest absolute Gasteiger partial charge is 0.484 e. The quantitative estimate of drug-likeness (QED) is 0.799. The van der Waals surface area contributed by atoms with Gasteiger partial charge in [-0.15, -0.1) is 0 Å². The van der Waals surface area contributed by atoms with E-state index in [9.17, 15) is 22.8 Å². The van der Waals surface area contributed by atoms with Crippen molar-refractivity contribution in [1.82, 2.24) is 9.80 Å². The summed E-state index contributed by atoms with van der Waals surface area (Å²) in [7, 11) is 2.81. The number of alkyl halides is 3. The molecule has 1 aromatic carbocycles. The first-order valence-corrected chi connectivity index (χ1v) is 6.82. The highest BCUT2D eigenvalue weighted by Gasteiger charge is 2.34. The Kier molecular flexibility index (Phi) is 6.41. The SMILES string of the molecule is Cc1cccc(OCC(=O)N(CC(=O)N(C)C)CC(F)(F)F)c1. The molecule has 0 saturated heterocycles. The van der Waals surface area contributed by atoms with Crippen molar-refractivity contribution in [3.63, 3.8) is 0 Å². The first kappa shape index (κ1) is 18.8. The predicted octanol–water partition coefficient (Wildman–Crippen LogP) is 1.85. The molecule has 0 spiro atoms. The molecular formula is C15H19F3N2O3. The first-order chi connectivity index (χ1) is 10.6. The second-order valence-corrected chi connectivity index (χ2v) is 5.26. The number of likely N-dealkylation sites (N-methyl/N-ethyl adjacent to an activating group) is 1. The zero-order valence-electron chi connectivity index (χ0n) is 13.2. The molecule has 0 saturated carbocycles. The molecule has 0 N–H and O–H groups in total. The van der Waals surface area contributed by atoms with Crippen LogP contribution in [-0.4, -0.2) is 61.6 Å². The van der Waals surface area contributed by atoms with Gasteiger partial charge in [0.05, 0.1) is 0 Å². The van der Waals surface area contributed by atoms with Gasteiger partial charge in [-0.2, -0.15) is 13.2 Å². The highest BCUT2D eigenvalue weighted by atomic mass is 19.4. The number of halogens is 3. The van der Waals surface area contributed by atoms with Crippen molar-refractivity contribution in [2.75, 3.05) is 33.8 Å². The zero-order valence-corrected chi connectivity index (χ0v) is 13.2. The summed E-state index contributed by atoms with van der Waals surface area (Å²) in [5, 5.41) is 0. The molecule has 0 heterocycles. The van der Waals surface area contributed by atoms with E-state index in [0.29, 0.717) is 10.6 Å². The van der Waals surface area contributed by atoms with Crippen molar-refractivity contribution in [2.24, 2.45) is 0 Å². The number of amides is 2. The van der Waals surface area contributed by atoms with Crippen molar-refractivity contribution < 1.29 is 27.5 Å². The average Bonchev–Trinajstić information content (AvgIpc) is 2.42. The van der Waals surface area contributed by atoms with Gasteiger partial charge in [-0.3, -0.25) is 9.59 Å². The summed E-state index contributed by atoms with van der Waals surface area (Å²) in [6.45, 7) is -0.897. The Bertz CT molecular complexity index is 559. The summed E-state index contributed by atoms with van der Waals surface area (Å²) in [5.74, 6) is -1.12. The molecule has 0 unspecified atom stereocenters. The van der Waals surface area contributed by atoms with Crippen LogP contribution < -0.4 is 4.74 Å². The number of carbonyl (C=O) groups is 2. The van der Waals surface area contributed by atoms with Crippen LogP contribution in [0.1, 0.15) is 5.56 Å².